The first-order valence-electron chi connectivity index (χ1n) is 11.0. The summed E-state index contributed by atoms with van der Waals surface area (Å²) in [6.45, 7) is 5.68. The molecular weight excluding hydrogens is 412 g/mol. The molecule has 2 aromatic rings. The third-order valence-corrected chi connectivity index (χ3v) is 6.27. The Kier molecular flexibility index (Phi) is 8.61. The molecule has 1 aliphatic rings. The predicted molar refractivity (Wildman–Crippen MR) is 125 cm³/mol. The number of carbonyl (C=O) groups is 1. The number of methoxy groups -OCH3 is 2. The highest BCUT2D eigenvalue weighted by Crippen LogP contribution is 2.28. The van der Waals surface area contributed by atoms with Crippen LogP contribution in [0, 0.1) is 0 Å². The summed E-state index contributed by atoms with van der Waals surface area (Å²) in [5.41, 5.74) is 1.66. The van der Waals surface area contributed by atoms with Gasteiger partial charge >= 0.3 is 0 Å². The fourth-order valence-electron chi connectivity index (χ4n) is 4.18. The molecular formula is C25H33ClN2O3. The van der Waals surface area contributed by atoms with Gasteiger partial charge in [0.2, 0.25) is 0 Å². The number of amides is 1. The lowest BCUT2D eigenvalue weighted by molar-refractivity contribution is 0.0726. The molecule has 1 fully saturated rings. The second-order valence-corrected chi connectivity index (χ2v) is 8.59. The standard InChI is InChI=1S/C25H33ClN2O3/c1-19-7-4-5-14-27(19)15-6-16-28(25(29)21-9-11-22(26)12-10-21)18-20-8-13-23(30-2)24(17-20)31-3/h8-13,17,19H,4-7,14-16,18H2,1-3H3. The van der Waals surface area contributed by atoms with E-state index in [4.69, 9.17) is 21.1 Å². The molecule has 1 amide bonds. The van der Waals surface area contributed by atoms with Crippen LogP contribution in [-0.2, 0) is 6.54 Å². The predicted octanol–water partition coefficient (Wildman–Crippen LogP) is 5.26. The molecule has 0 N–H and O–H groups in total. The molecule has 0 saturated carbocycles. The molecule has 3 rings (SSSR count). The molecule has 5 nitrogen and oxygen atoms in total. The Balaban J connectivity index is 1.73. The lowest BCUT2D eigenvalue weighted by Gasteiger charge is -2.34. The van der Waals surface area contributed by atoms with Gasteiger partial charge in [-0.1, -0.05) is 24.1 Å². The summed E-state index contributed by atoms with van der Waals surface area (Å²) in [4.78, 5) is 17.8. The molecule has 31 heavy (non-hydrogen) atoms. The maximum absolute atomic E-state index is 13.3. The van der Waals surface area contributed by atoms with E-state index in [1.807, 2.05) is 23.1 Å². The van der Waals surface area contributed by atoms with E-state index in [9.17, 15) is 4.79 Å². The molecule has 1 unspecified atom stereocenters. The zero-order valence-corrected chi connectivity index (χ0v) is 19.5. The van der Waals surface area contributed by atoms with Crippen molar-refractivity contribution in [2.45, 2.75) is 45.2 Å². The van der Waals surface area contributed by atoms with Gasteiger partial charge in [0.15, 0.2) is 11.5 Å². The van der Waals surface area contributed by atoms with Crippen molar-refractivity contribution in [1.29, 1.82) is 0 Å². The third-order valence-electron chi connectivity index (χ3n) is 6.01. The van der Waals surface area contributed by atoms with Gasteiger partial charge in [0, 0.05) is 36.3 Å². The van der Waals surface area contributed by atoms with Gasteiger partial charge in [-0.2, -0.15) is 0 Å². The Morgan fingerprint density at radius 3 is 2.52 bits per heavy atom. The van der Waals surface area contributed by atoms with Gasteiger partial charge in [0.25, 0.3) is 5.91 Å². The van der Waals surface area contributed by atoms with E-state index in [0.717, 1.165) is 25.1 Å². The Bertz CT molecular complexity index is 856. The van der Waals surface area contributed by atoms with Gasteiger partial charge in [-0.15, -0.1) is 0 Å². The Morgan fingerprint density at radius 1 is 1.10 bits per heavy atom. The maximum Gasteiger partial charge on any atom is 0.254 e. The van der Waals surface area contributed by atoms with Gasteiger partial charge in [-0.05, 0) is 74.7 Å². The summed E-state index contributed by atoms with van der Waals surface area (Å²) in [6.07, 6.45) is 4.79. The number of ether oxygens (including phenoxy) is 2. The molecule has 0 bridgehead atoms. The molecule has 0 spiro atoms. The van der Waals surface area contributed by atoms with Gasteiger partial charge in [-0.3, -0.25) is 4.79 Å². The molecule has 2 aromatic carbocycles. The van der Waals surface area contributed by atoms with Gasteiger partial charge in [0.05, 0.1) is 14.2 Å². The van der Waals surface area contributed by atoms with E-state index < -0.39 is 0 Å². The fraction of sp³-hybridized carbons (Fsp3) is 0.480. The van der Waals surface area contributed by atoms with Crippen molar-refractivity contribution in [2.24, 2.45) is 0 Å². The maximum atomic E-state index is 13.3. The quantitative estimate of drug-likeness (QED) is 0.528. The summed E-state index contributed by atoms with van der Waals surface area (Å²) < 4.78 is 10.8. The van der Waals surface area contributed by atoms with Crippen molar-refractivity contribution in [3.63, 3.8) is 0 Å². The van der Waals surface area contributed by atoms with E-state index in [1.165, 1.54) is 19.3 Å². The van der Waals surface area contributed by atoms with E-state index in [2.05, 4.69) is 11.8 Å². The second kappa shape index (κ2) is 11.4. The number of carbonyl (C=O) groups excluding carboxylic acids is 1. The van der Waals surface area contributed by atoms with E-state index in [1.54, 1.807) is 38.5 Å². The zero-order valence-electron chi connectivity index (χ0n) is 18.8. The number of rotatable bonds is 9. The minimum absolute atomic E-state index is 0.0122. The molecule has 6 heteroatoms. The normalized spacial score (nSPS) is 16.7. The van der Waals surface area contributed by atoms with Crippen LogP contribution in [0.2, 0.25) is 5.02 Å². The Labute approximate surface area is 190 Å². The first kappa shape index (κ1) is 23.4. The Hall–Kier alpha value is -2.24. The lowest BCUT2D eigenvalue weighted by Crippen LogP contribution is -2.40. The lowest BCUT2D eigenvalue weighted by atomic mass is 10.0. The van der Waals surface area contributed by atoms with Crippen molar-refractivity contribution in [3.8, 4) is 11.5 Å². The van der Waals surface area contributed by atoms with E-state index in [0.29, 0.717) is 41.2 Å². The highest BCUT2D eigenvalue weighted by Gasteiger charge is 2.20. The molecule has 0 aliphatic carbocycles. The summed E-state index contributed by atoms with van der Waals surface area (Å²) in [5, 5.41) is 0.627. The highest BCUT2D eigenvalue weighted by atomic mass is 35.5. The molecule has 0 radical (unpaired) electrons. The van der Waals surface area contributed by atoms with Crippen LogP contribution >= 0.6 is 11.6 Å². The minimum atomic E-state index is 0.0122. The second-order valence-electron chi connectivity index (χ2n) is 8.16. The number of piperidine rings is 1. The van der Waals surface area contributed by atoms with Crippen LogP contribution < -0.4 is 9.47 Å². The first-order valence-corrected chi connectivity index (χ1v) is 11.4. The fourth-order valence-corrected chi connectivity index (χ4v) is 4.31. The molecule has 0 aromatic heterocycles. The Morgan fingerprint density at radius 2 is 1.84 bits per heavy atom. The van der Waals surface area contributed by atoms with Crippen LogP contribution in [0.4, 0.5) is 0 Å². The van der Waals surface area contributed by atoms with Crippen LogP contribution in [0.1, 0.15) is 48.5 Å². The molecule has 1 saturated heterocycles. The van der Waals surface area contributed by atoms with Crippen molar-refractivity contribution in [3.05, 3.63) is 58.6 Å². The average molecular weight is 445 g/mol. The number of halogens is 1. The largest absolute Gasteiger partial charge is 0.493 e. The van der Waals surface area contributed by atoms with Gasteiger partial charge in [-0.25, -0.2) is 0 Å². The average Bonchev–Trinajstić information content (AvgIpc) is 2.79. The van der Waals surface area contributed by atoms with Crippen LogP contribution in [0.5, 0.6) is 11.5 Å². The molecule has 1 aliphatic heterocycles. The van der Waals surface area contributed by atoms with E-state index >= 15 is 0 Å². The van der Waals surface area contributed by atoms with Crippen LogP contribution in [0.15, 0.2) is 42.5 Å². The number of likely N-dealkylation sites (tertiary alicyclic amines) is 1. The number of benzene rings is 2. The number of hydrogen-bond donors (Lipinski definition) is 0. The van der Waals surface area contributed by atoms with Crippen molar-refractivity contribution < 1.29 is 14.3 Å². The van der Waals surface area contributed by atoms with Crippen LogP contribution in [0.3, 0.4) is 0 Å². The van der Waals surface area contributed by atoms with Crippen molar-refractivity contribution in [1.82, 2.24) is 9.80 Å². The number of nitrogens with zero attached hydrogens (tertiary/aromatic N) is 2. The van der Waals surface area contributed by atoms with Crippen LogP contribution in [-0.4, -0.2) is 55.6 Å². The summed E-state index contributed by atoms with van der Waals surface area (Å²) in [5.74, 6) is 1.36. The summed E-state index contributed by atoms with van der Waals surface area (Å²) in [7, 11) is 3.24. The molecule has 1 heterocycles. The zero-order chi connectivity index (χ0) is 22.2. The topological polar surface area (TPSA) is 42.0 Å². The van der Waals surface area contributed by atoms with Crippen LogP contribution in [0.25, 0.3) is 0 Å². The van der Waals surface area contributed by atoms with Gasteiger partial charge in [0.1, 0.15) is 0 Å². The number of hydrogen-bond acceptors (Lipinski definition) is 4. The van der Waals surface area contributed by atoms with Gasteiger partial charge < -0.3 is 19.3 Å². The SMILES string of the molecule is COc1ccc(CN(CCCN2CCCCC2C)C(=O)c2ccc(Cl)cc2)cc1OC. The molecule has 168 valence electrons. The molecule has 1 atom stereocenters. The van der Waals surface area contributed by atoms with E-state index in [-0.39, 0.29) is 5.91 Å². The smallest absolute Gasteiger partial charge is 0.254 e. The summed E-state index contributed by atoms with van der Waals surface area (Å²) in [6, 6.07) is 13.5. The summed E-state index contributed by atoms with van der Waals surface area (Å²) >= 11 is 6.01. The minimum Gasteiger partial charge on any atom is -0.493 e. The first-order chi connectivity index (χ1) is 15.0. The van der Waals surface area contributed by atoms with Crippen molar-refractivity contribution >= 4 is 17.5 Å². The highest BCUT2D eigenvalue weighted by molar-refractivity contribution is 6.30. The monoisotopic (exact) mass is 444 g/mol. The van der Waals surface area contributed by atoms with Crippen molar-refractivity contribution in [2.75, 3.05) is 33.9 Å². The third kappa shape index (κ3) is 6.37.